The summed E-state index contributed by atoms with van der Waals surface area (Å²) in [7, 11) is 1.74. The molecule has 6 heteroatoms. The first-order chi connectivity index (χ1) is 7.02. The highest BCUT2D eigenvalue weighted by Gasteiger charge is 2.27. The summed E-state index contributed by atoms with van der Waals surface area (Å²) in [6, 6.07) is -0.542. The maximum absolute atomic E-state index is 11.7. The first-order valence-electron chi connectivity index (χ1n) is 4.90. The summed E-state index contributed by atoms with van der Waals surface area (Å²) >= 11 is 1.83. The normalized spacial score (nSPS) is 22.4. The van der Waals surface area contributed by atoms with Crippen LogP contribution in [0.5, 0.6) is 0 Å². The average Bonchev–Trinajstić information content (AvgIpc) is 2.67. The maximum Gasteiger partial charge on any atom is 0.240 e. The molecule has 0 aromatic heterocycles. The first-order valence-corrected chi connectivity index (χ1v) is 6.06. The number of hydrogen-bond donors (Lipinski definition) is 2. The Labute approximate surface area is 93.5 Å². The minimum Gasteiger partial charge on any atom is -0.370 e. The van der Waals surface area contributed by atoms with Crippen molar-refractivity contribution in [2.24, 2.45) is 11.5 Å². The quantitative estimate of drug-likeness (QED) is 0.659. The standard InChI is InChI=1S/C9H17N3O2S/c1-12(6-2-3-15-5-6)9(14)7(10)4-8(11)13/h6-7H,2-5,10H2,1H3,(H2,11,13). The molecule has 5 nitrogen and oxygen atoms in total. The van der Waals surface area contributed by atoms with Crippen LogP contribution in [0.3, 0.4) is 0 Å². The molecule has 1 fully saturated rings. The van der Waals surface area contributed by atoms with Gasteiger partial charge in [-0.25, -0.2) is 0 Å². The third-order valence-corrected chi connectivity index (χ3v) is 3.68. The van der Waals surface area contributed by atoms with Gasteiger partial charge in [0.15, 0.2) is 0 Å². The molecular weight excluding hydrogens is 214 g/mol. The summed E-state index contributed by atoms with van der Waals surface area (Å²) in [5.41, 5.74) is 10.6. The van der Waals surface area contributed by atoms with Gasteiger partial charge in [-0.2, -0.15) is 11.8 Å². The number of nitrogens with two attached hydrogens (primary N) is 2. The van der Waals surface area contributed by atoms with Crippen LogP contribution in [0.15, 0.2) is 0 Å². The van der Waals surface area contributed by atoms with E-state index in [4.69, 9.17) is 11.5 Å². The summed E-state index contributed by atoms with van der Waals surface area (Å²) in [6.45, 7) is 0. The Morgan fingerprint density at radius 3 is 2.73 bits per heavy atom. The van der Waals surface area contributed by atoms with Crippen LogP contribution >= 0.6 is 11.8 Å². The monoisotopic (exact) mass is 231 g/mol. The molecule has 0 saturated carbocycles. The smallest absolute Gasteiger partial charge is 0.240 e. The largest absolute Gasteiger partial charge is 0.370 e. The van der Waals surface area contributed by atoms with Gasteiger partial charge in [0.25, 0.3) is 0 Å². The second-order valence-electron chi connectivity index (χ2n) is 3.74. The summed E-state index contributed by atoms with van der Waals surface area (Å²) in [5, 5.41) is 0. The Hall–Kier alpha value is -0.750. The lowest BCUT2D eigenvalue weighted by molar-refractivity contribution is -0.134. The minimum atomic E-state index is -0.793. The molecular formula is C9H17N3O2S. The van der Waals surface area contributed by atoms with E-state index in [1.165, 1.54) is 0 Å². The molecule has 4 N–H and O–H groups in total. The van der Waals surface area contributed by atoms with Gasteiger partial charge in [-0.15, -0.1) is 0 Å². The highest BCUT2D eigenvalue weighted by Crippen LogP contribution is 2.21. The Morgan fingerprint density at radius 1 is 1.60 bits per heavy atom. The van der Waals surface area contributed by atoms with Crippen molar-refractivity contribution in [3.05, 3.63) is 0 Å². The van der Waals surface area contributed by atoms with Crippen molar-refractivity contribution < 1.29 is 9.59 Å². The van der Waals surface area contributed by atoms with Crippen molar-refractivity contribution in [2.45, 2.75) is 24.9 Å². The molecule has 0 radical (unpaired) electrons. The van der Waals surface area contributed by atoms with Crippen molar-refractivity contribution >= 4 is 23.6 Å². The number of likely N-dealkylation sites (N-methyl/N-ethyl adjacent to an activating group) is 1. The van der Waals surface area contributed by atoms with Crippen LogP contribution in [0.4, 0.5) is 0 Å². The van der Waals surface area contributed by atoms with Crippen LogP contribution in [0.2, 0.25) is 0 Å². The zero-order valence-electron chi connectivity index (χ0n) is 8.81. The topological polar surface area (TPSA) is 89.4 Å². The molecule has 0 aromatic carbocycles. The van der Waals surface area contributed by atoms with Gasteiger partial charge >= 0.3 is 0 Å². The molecule has 15 heavy (non-hydrogen) atoms. The molecule has 0 aromatic rings. The molecule has 86 valence electrons. The van der Waals surface area contributed by atoms with E-state index < -0.39 is 11.9 Å². The second kappa shape index (κ2) is 5.37. The molecule has 2 unspecified atom stereocenters. The Kier molecular flexibility index (Phi) is 4.41. The first kappa shape index (κ1) is 12.3. The molecule has 2 atom stereocenters. The number of hydrogen-bond acceptors (Lipinski definition) is 4. The number of primary amides is 1. The molecule has 1 saturated heterocycles. The number of amides is 2. The predicted octanol–water partition coefficient (Wildman–Crippen LogP) is -0.847. The summed E-state index contributed by atoms with van der Waals surface area (Å²) < 4.78 is 0. The fraction of sp³-hybridized carbons (Fsp3) is 0.778. The number of nitrogens with zero attached hydrogens (tertiary/aromatic N) is 1. The van der Waals surface area contributed by atoms with Gasteiger partial charge in [0, 0.05) is 18.8 Å². The molecule has 2 amide bonds. The molecule has 0 bridgehead atoms. The maximum atomic E-state index is 11.7. The Balaban J connectivity index is 2.47. The van der Waals surface area contributed by atoms with Gasteiger partial charge in [0.05, 0.1) is 12.5 Å². The highest BCUT2D eigenvalue weighted by molar-refractivity contribution is 7.99. The zero-order valence-corrected chi connectivity index (χ0v) is 9.63. The Morgan fingerprint density at radius 2 is 2.27 bits per heavy atom. The minimum absolute atomic E-state index is 0.0803. The van der Waals surface area contributed by atoms with Crippen LogP contribution in [-0.4, -0.2) is 47.4 Å². The molecule has 1 aliphatic rings. The lowest BCUT2D eigenvalue weighted by Gasteiger charge is -2.26. The van der Waals surface area contributed by atoms with Gasteiger partial charge < -0.3 is 16.4 Å². The fourth-order valence-electron chi connectivity index (χ4n) is 1.57. The molecule has 1 rings (SSSR count). The highest BCUT2D eigenvalue weighted by atomic mass is 32.2. The molecule has 0 spiro atoms. The van der Waals surface area contributed by atoms with E-state index in [1.54, 1.807) is 11.9 Å². The van der Waals surface area contributed by atoms with Crippen molar-refractivity contribution in [1.29, 1.82) is 0 Å². The van der Waals surface area contributed by atoms with Gasteiger partial charge in [-0.3, -0.25) is 9.59 Å². The fourth-order valence-corrected chi connectivity index (χ4v) is 2.84. The van der Waals surface area contributed by atoms with Gasteiger partial charge in [0.1, 0.15) is 0 Å². The van der Waals surface area contributed by atoms with Crippen LogP contribution in [-0.2, 0) is 9.59 Å². The van der Waals surface area contributed by atoms with E-state index in [2.05, 4.69) is 0 Å². The zero-order chi connectivity index (χ0) is 11.4. The van der Waals surface area contributed by atoms with Crippen molar-refractivity contribution in [1.82, 2.24) is 4.90 Å². The number of thioether (sulfide) groups is 1. The van der Waals surface area contributed by atoms with E-state index in [0.29, 0.717) is 0 Å². The molecule has 1 aliphatic heterocycles. The molecule has 1 heterocycles. The van der Waals surface area contributed by atoms with Crippen molar-refractivity contribution in [3.8, 4) is 0 Å². The van der Waals surface area contributed by atoms with E-state index in [0.717, 1.165) is 17.9 Å². The van der Waals surface area contributed by atoms with Crippen LogP contribution in [0.25, 0.3) is 0 Å². The number of carbonyl (C=O) groups excluding carboxylic acids is 2. The van der Waals surface area contributed by atoms with Gasteiger partial charge in [-0.05, 0) is 12.2 Å². The lowest BCUT2D eigenvalue weighted by Crippen LogP contribution is -2.48. The van der Waals surface area contributed by atoms with E-state index in [-0.39, 0.29) is 18.4 Å². The van der Waals surface area contributed by atoms with Crippen molar-refractivity contribution in [2.75, 3.05) is 18.6 Å². The summed E-state index contributed by atoms with van der Waals surface area (Å²) in [4.78, 5) is 24.0. The third kappa shape index (κ3) is 3.39. The lowest BCUT2D eigenvalue weighted by atomic mass is 10.1. The molecule has 0 aliphatic carbocycles. The second-order valence-corrected chi connectivity index (χ2v) is 4.89. The van der Waals surface area contributed by atoms with Crippen LogP contribution in [0, 0.1) is 0 Å². The van der Waals surface area contributed by atoms with Crippen LogP contribution < -0.4 is 11.5 Å². The van der Waals surface area contributed by atoms with Gasteiger partial charge in [-0.1, -0.05) is 0 Å². The SMILES string of the molecule is CN(C(=O)C(N)CC(N)=O)C1CCSC1. The van der Waals surface area contributed by atoms with E-state index >= 15 is 0 Å². The van der Waals surface area contributed by atoms with E-state index in [1.807, 2.05) is 11.8 Å². The summed E-state index contributed by atoms with van der Waals surface area (Å²) in [6.07, 6.45) is 0.916. The number of rotatable bonds is 4. The van der Waals surface area contributed by atoms with Crippen molar-refractivity contribution in [3.63, 3.8) is 0 Å². The van der Waals surface area contributed by atoms with E-state index in [9.17, 15) is 9.59 Å². The number of carbonyl (C=O) groups is 2. The third-order valence-electron chi connectivity index (χ3n) is 2.54. The Bertz CT molecular complexity index is 254. The predicted molar refractivity (Wildman–Crippen MR) is 60.3 cm³/mol. The van der Waals surface area contributed by atoms with Gasteiger partial charge in [0.2, 0.25) is 11.8 Å². The van der Waals surface area contributed by atoms with Crippen LogP contribution in [0.1, 0.15) is 12.8 Å². The average molecular weight is 231 g/mol. The summed E-state index contributed by atoms with van der Waals surface area (Å²) in [5.74, 6) is 1.30.